The molecule has 3 heterocycles. The maximum absolute atomic E-state index is 13.1. The number of carbonyl (C=O) groups excluding carboxylic acids is 2. The highest BCUT2D eigenvalue weighted by Crippen LogP contribution is 2.37. The predicted octanol–water partition coefficient (Wildman–Crippen LogP) is 3.49. The van der Waals surface area contributed by atoms with E-state index >= 15 is 0 Å². The summed E-state index contributed by atoms with van der Waals surface area (Å²) < 4.78 is 5.59. The molecule has 0 saturated carbocycles. The normalized spacial score (nSPS) is 24.0. The second-order valence-electron chi connectivity index (χ2n) is 8.01. The second-order valence-corrected chi connectivity index (χ2v) is 8.95. The van der Waals surface area contributed by atoms with Gasteiger partial charge in [-0.25, -0.2) is 0 Å². The fourth-order valence-corrected chi connectivity index (χ4v) is 5.19. The number of likely N-dealkylation sites (tertiary alicyclic amines) is 1. The van der Waals surface area contributed by atoms with Crippen molar-refractivity contribution in [3.8, 4) is 10.4 Å². The maximum Gasteiger partial charge on any atom is 0.251 e. The number of nitrogens with zero attached hydrogens (tertiary/aromatic N) is 1. The van der Waals surface area contributed by atoms with Crippen LogP contribution >= 0.6 is 11.3 Å². The number of nitrogens with one attached hydrogen (secondary N) is 1. The molecule has 2 aliphatic rings. The summed E-state index contributed by atoms with van der Waals surface area (Å²) in [5, 5.41) is 5.09. The Morgan fingerprint density at radius 3 is 2.93 bits per heavy atom. The van der Waals surface area contributed by atoms with Crippen LogP contribution in [0.15, 0.2) is 41.8 Å². The van der Waals surface area contributed by atoms with Crippen molar-refractivity contribution in [1.29, 1.82) is 0 Å². The molecule has 2 aromatic rings. The summed E-state index contributed by atoms with van der Waals surface area (Å²) in [6, 6.07) is 12.6. The molecule has 1 N–H and O–H groups in total. The zero-order chi connectivity index (χ0) is 20.3. The topological polar surface area (TPSA) is 58.6 Å². The standard InChI is InChI=1S/C23H28N2O3S/c1-2-24-22(27)23(10-11-25(16-23)21(26)19-8-4-12-28-19)15-17-6-3-7-18(14-17)20-9-5-13-29-20/h3,5-7,9,13-14,19H,2,4,8,10-12,15-16H2,1H3,(H,24,27)/t19-,23-/m0/s1. The summed E-state index contributed by atoms with van der Waals surface area (Å²) in [6.07, 6.45) is 2.70. The number of ether oxygens (including phenoxy) is 1. The minimum Gasteiger partial charge on any atom is -0.368 e. The number of benzene rings is 1. The second kappa shape index (κ2) is 8.67. The molecule has 0 unspecified atom stereocenters. The zero-order valence-corrected chi connectivity index (χ0v) is 17.7. The summed E-state index contributed by atoms with van der Waals surface area (Å²) in [5.41, 5.74) is 1.72. The Labute approximate surface area is 176 Å². The quantitative estimate of drug-likeness (QED) is 0.790. The van der Waals surface area contributed by atoms with E-state index in [0.717, 1.165) is 18.4 Å². The van der Waals surface area contributed by atoms with Crippen molar-refractivity contribution in [3.05, 3.63) is 47.3 Å². The molecule has 0 aliphatic carbocycles. The SMILES string of the molecule is CCNC(=O)[C@]1(Cc2cccc(-c3cccs3)c2)CCN(C(=O)[C@@H]2CCCO2)C1. The van der Waals surface area contributed by atoms with Gasteiger partial charge in [0.25, 0.3) is 5.91 Å². The van der Waals surface area contributed by atoms with Gasteiger partial charge in [0, 0.05) is 31.1 Å². The summed E-state index contributed by atoms with van der Waals surface area (Å²) >= 11 is 1.71. The number of carbonyl (C=O) groups is 2. The van der Waals surface area contributed by atoms with E-state index in [1.165, 1.54) is 10.4 Å². The van der Waals surface area contributed by atoms with E-state index < -0.39 is 5.41 Å². The molecule has 154 valence electrons. The lowest BCUT2D eigenvalue weighted by atomic mass is 9.79. The van der Waals surface area contributed by atoms with Crippen molar-refractivity contribution >= 4 is 23.2 Å². The molecule has 0 radical (unpaired) electrons. The van der Waals surface area contributed by atoms with E-state index in [-0.39, 0.29) is 17.9 Å². The molecule has 2 atom stereocenters. The van der Waals surface area contributed by atoms with E-state index in [1.54, 1.807) is 11.3 Å². The van der Waals surface area contributed by atoms with Crippen LogP contribution in [0.25, 0.3) is 10.4 Å². The molecule has 6 heteroatoms. The molecule has 1 aromatic heterocycles. The number of hydrogen-bond donors (Lipinski definition) is 1. The van der Waals surface area contributed by atoms with Gasteiger partial charge in [0.05, 0.1) is 5.41 Å². The summed E-state index contributed by atoms with van der Waals surface area (Å²) in [7, 11) is 0. The smallest absolute Gasteiger partial charge is 0.251 e. The van der Waals surface area contributed by atoms with Crippen LogP contribution < -0.4 is 5.32 Å². The lowest BCUT2D eigenvalue weighted by molar-refractivity contribution is -0.141. The van der Waals surface area contributed by atoms with E-state index in [2.05, 4.69) is 47.1 Å². The zero-order valence-electron chi connectivity index (χ0n) is 16.9. The first kappa shape index (κ1) is 20.1. The largest absolute Gasteiger partial charge is 0.368 e. The molecule has 1 aromatic carbocycles. The predicted molar refractivity (Wildman–Crippen MR) is 115 cm³/mol. The fraction of sp³-hybridized carbons (Fsp3) is 0.478. The van der Waals surface area contributed by atoms with Gasteiger partial charge in [0.1, 0.15) is 6.10 Å². The van der Waals surface area contributed by atoms with Crippen molar-refractivity contribution in [2.45, 2.75) is 38.7 Å². The van der Waals surface area contributed by atoms with Gasteiger partial charge in [-0.3, -0.25) is 9.59 Å². The number of amides is 2. The lowest BCUT2D eigenvalue weighted by Gasteiger charge is -2.29. The third kappa shape index (κ3) is 4.23. The van der Waals surface area contributed by atoms with Crippen molar-refractivity contribution < 1.29 is 14.3 Å². The van der Waals surface area contributed by atoms with Crippen LogP contribution in [0, 0.1) is 5.41 Å². The summed E-state index contributed by atoms with van der Waals surface area (Å²) in [6.45, 7) is 4.26. The molecule has 2 saturated heterocycles. The van der Waals surface area contributed by atoms with Gasteiger partial charge in [0.15, 0.2) is 0 Å². The number of hydrogen-bond acceptors (Lipinski definition) is 4. The Hall–Kier alpha value is -2.18. The maximum atomic E-state index is 13.1. The Bertz CT molecular complexity index is 861. The third-order valence-corrected chi connectivity index (χ3v) is 6.88. The third-order valence-electron chi connectivity index (χ3n) is 5.96. The molecule has 29 heavy (non-hydrogen) atoms. The van der Waals surface area contributed by atoms with E-state index in [0.29, 0.717) is 39.1 Å². The molecular weight excluding hydrogens is 384 g/mol. The van der Waals surface area contributed by atoms with Crippen LogP contribution in [0.2, 0.25) is 0 Å². The van der Waals surface area contributed by atoms with E-state index in [1.807, 2.05) is 11.8 Å². The summed E-state index contributed by atoms with van der Waals surface area (Å²) in [4.78, 5) is 29.0. The number of rotatable bonds is 6. The van der Waals surface area contributed by atoms with E-state index in [4.69, 9.17) is 4.74 Å². The molecule has 5 nitrogen and oxygen atoms in total. The monoisotopic (exact) mass is 412 g/mol. The molecule has 0 spiro atoms. The minimum atomic E-state index is -0.585. The lowest BCUT2D eigenvalue weighted by Crippen LogP contribution is -2.46. The van der Waals surface area contributed by atoms with Crippen LogP contribution in [-0.2, 0) is 20.7 Å². The molecule has 0 bridgehead atoms. The van der Waals surface area contributed by atoms with Crippen molar-refractivity contribution in [1.82, 2.24) is 10.2 Å². The fourth-order valence-electron chi connectivity index (χ4n) is 4.46. The average Bonchev–Trinajstić information content (AvgIpc) is 3.49. The highest BCUT2D eigenvalue weighted by atomic mass is 32.1. The van der Waals surface area contributed by atoms with Gasteiger partial charge < -0.3 is 15.0 Å². The Balaban J connectivity index is 1.56. The summed E-state index contributed by atoms with van der Waals surface area (Å²) in [5.74, 6) is 0.0881. The van der Waals surface area contributed by atoms with Gasteiger partial charge in [-0.15, -0.1) is 11.3 Å². The van der Waals surface area contributed by atoms with Gasteiger partial charge >= 0.3 is 0 Å². The van der Waals surface area contributed by atoms with Crippen molar-refractivity contribution in [3.63, 3.8) is 0 Å². The molecule has 2 aliphatic heterocycles. The van der Waals surface area contributed by atoms with Crippen LogP contribution in [0.4, 0.5) is 0 Å². The van der Waals surface area contributed by atoms with Crippen LogP contribution in [-0.4, -0.2) is 49.1 Å². The van der Waals surface area contributed by atoms with Gasteiger partial charge in [-0.2, -0.15) is 0 Å². The highest BCUT2D eigenvalue weighted by Gasteiger charge is 2.47. The van der Waals surface area contributed by atoms with Crippen LogP contribution in [0.3, 0.4) is 0 Å². The Kier molecular flexibility index (Phi) is 6.01. The molecular formula is C23H28N2O3S. The van der Waals surface area contributed by atoms with Crippen LogP contribution in [0.5, 0.6) is 0 Å². The van der Waals surface area contributed by atoms with Gasteiger partial charge in [0.2, 0.25) is 5.91 Å². The van der Waals surface area contributed by atoms with Crippen molar-refractivity contribution in [2.24, 2.45) is 5.41 Å². The van der Waals surface area contributed by atoms with Crippen LogP contribution in [0.1, 0.15) is 31.7 Å². The Morgan fingerprint density at radius 1 is 1.31 bits per heavy atom. The first-order valence-electron chi connectivity index (χ1n) is 10.4. The Morgan fingerprint density at radius 2 is 2.21 bits per heavy atom. The first-order valence-corrected chi connectivity index (χ1v) is 11.3. The minimum absolute atomic E-state index is 0.0426. The molecule has 2 fully saturated rings. The van der Waals surface area contributed by atoms with E-state index in [9.17, 15) is 9.59 Å². The van der Waals surface area contributed by atoms with Crippen molar-refractivity contribution in [2.75, 3.05) is 26.2 Å². The average molecular weight is 413 g/mol. The first-order chi connectivity index (χ1) is 14.1. The molecule has 2 amide bonds. The van der Waals surface area contributed by atoms with Gasteiger partial charge in [-0.1, -0.05) is 30.3 Å². The van der Waals surface area contributed by atoms with Gasteiger partial charge in [-0.05, 0) is 55.2 Å². The molecule has 4 rings (SSSR count). The highest BCUT2D eigenvalue weighted by molar-refractivity contribution is 7.13. The number of thiophene rings is 1.